The average molecular weight is 407 g/mol. The molecule has 0 aliphatic carbocycles. The van der Waals surface area contributed by atoms with Crippen LogP contribution < -0.4 is 9.64 Å². The molecular formula is C24H30N4O2. The highest BCUT2D eigenvalue weighted by molar-refractivity contribution is 5.85. The maximum Gasteiger partial charge on any atom is 0.233 e. The molecule has 6 nitrogen and oxygen atoms in total. The molecule has 3 aliphatic rings. The van der Waals surface area contributed by atoms with Crippen LogP contribution in [0, 0.1) is 5.92 Å². The summed E-state index contributed by atoms with van der Waals surface area (Å²) in [4.78, 5) is 24.7. The van der Waals surface area contributed by atoms with Crippen LogP contribution in [0.15, 0.2) is 48.7 Å². The van der Waals surface area contributed by atoms with Gasteiger partial charge in [-0.3, -0.25) is 9.69 Å². The number of rotatable bonds is 4. The van der Waals surface area contributed by atoms with Gasteiger partial charge in [-0.25, -0.2) is 4.98 Å². The average Bonchev–Trinajstić information content (AvgIpc) is 3.24. The van der Waals surface area contributed by atoms with Gasteiger partial charge in [0.05, 0.1) is 0 Å². The summed E-state index contributed by atoms with van der Waals surface area (Å²) in [6.07, 6.45) is 4.17. The third-order valence-corrected chi connectivity index (χ3v) is 6.69. The van der Waals surface area contributed by atoms with E-state index in [1.165, 1.54) is 6.42 Å². The fourth-order valence-electron chi connectivity index (χ4n) is 5.07. The van der Waals surface area contributed by atoms with E-state index in [2.05, 4.69) is 31.8 Å². The number of fused-ring (bicyclic) bond motifs is 1. The molecule has 0 spiro atoms. The third-order valence-electron chi connectivity index (χ3n) is 6.69. The Kier molecular flexibility index (Phi) is 5.58. The maximum absolute atomic E-state index is 13.2. The van der Waals surface area contributed by atoms with Crippen molar-refractivity contribution in [1.82, 2.24) is 14.8 Å². The molecule has 1 aromatic carbocycles. The zero-order valence-corrected chi connectivity index (χ0v) is 17.4. The Morgan fingerprint density at radius 3 is 2.70 bits per heavy atom. The molecule has 5 rings (SSSR count). The highest BCUT2D eigenvalue weighted by Gasteiger charge is 2.35. The number of ether oxygens (including phenoxy) is 1. The van der Waals surface area contributed by atoms with E-state index in [1.807, 2.05) is 36.5 Å². The number of hydrogen-bond donors (Lipinski definition) is 0. The van der Waals surface area contributed by atoms with Gasteiger partial charge in [0.2, 0.25) is 5.91 Å². The lowest BCUT2D eigenvalue weighted by Gasteiger charge is -2.40. The monoisotopic (exact) mass is 406 g/mol. The molecule has 0 saturated carbocycles. The number of hydrogen-bond acceptors (Lipinski definition) is 5. The summed E-state index contributed by atoms with van der Waals surface area (Å²) in [5.74, 6) is 2.61. The highest BCUT2D eigenvalue weighted by atomic mass is 16.5. The number of pyridine rings is 1. The van der Waals surface area contributed by atoms with Crippen LogP contribution in [0.2, 0.25) is 0 Å². The smallest absolute Gasteiger partial charge is 0.233 e. The fraction of sp³-hybridized carbons (Fsp3) is 0.500. The van der Waals surface area contributed by atoms with Gasteiger partial charge in [-0.2, -0.15) is 0 Å². The van der Waals surface area contributed by atoms with Crippen molar-refractivity contribution in [3.8, 4) is 5.75 Å². The van der Waals surface area contributed by atoms with E-state index in [1.54, 1.807) is 0 Å². The fourth-order valence-corrected chi connectivity index (χ4v) is 5.07. The SMILES string of the molecule is O=C(C1COc2ccccc21)N1CCCC(CN2CCN(c3ccccn3)CC2)C1. The minimum atomic E-state index is -0.137. The number of benzene rings is 1. The Morgan fingerprint density at radius 1 is 1.03 bits per heavy atom. The Bertz CT molecular complexity index is 867. The van der Waals surface area contributed by atoms with Gasteiger partial charge in [-0.05, 0) is 37.0 Å². The Morgan fingerprint density at radius 2 is 1.87 bits per heavy atom. The van der Waals surface area contributed by atoms with E-state index in [0.29, 0.717) is 12.5 Å². The summed E-state index contributed by atoms with van der Waals surface area (Å²) in [5, 5.41) is 0. The predicted molar refractivity (Wildman–Crippen MR) is 117 cm³/mol. The molecule has 3 aliphatic heterocycles. The van der Waals surface area contributed by atoms with Crippen LogP contribution >= 0.6 is 0 Å². The molecular weight excluding hydrogens is 376 g/mol. The number of amides is 1. The van der Waals surface area contributed by atoms with Gasteiger partial charge in [-0.15, -0.1) is 0 Å². The number of likely N-dealkylation sites (tertiary alicyclic amines) is 1. The molecule has 1 amide bonds. The molecule has 30 heavy (non-hydrogen) atoms. The van der Waals surface area contributed by atoms with E-state index in [9.17, 15) is 4.79 Å². The van der Waals surface area contributed by atoms with Crippen molar-refractivity contribution in [2.75, 3.05) is 57.3 Å². The Labute approximate surface area is 178 Å². The van der Waals surface area contributed by atoms with Crippen LogP contribution in [0.4, 0.5) is 5.82 Å². The molecule has 1 aromatic heterocycles. The number of piperazine rings is 1. The lowest BCUT2D eigenvalue weighted by Crippen LogP contribution is -2.50. The van der Waals surface area contributed by atoms with Crippen LogP contribution in [-0.2, 0) is 4.79 Å². The zero-order valence-electron chi connectivity index (χ0n) is 17.4. The number of para-hydroxylation sites is 1. The Hall–Kier alpha value is -2.60. The number of nitrogens with zero attached hydrogens (tertiary/aromatic N) is 4. The summed E-state index contributed by atoms with van der Waals surface area (Å²) in [5.41, 5.74) is 1.05. The second kappa shape index (κ2) is 8.64. The quantitative estimate of drug-likeness (QED) is 0.781. The van der Waals surface area contributed by atoms with Gasteiger partial charge in [0.15, 0.2) is 0 Å². The number of aromatic nitrogens is 1. The highest BCUT2D eigenvalue weighted by Crippen LogP contribution is 2.35. The second-order valence-electron chi connectivity index (χ2n) is 8.67. The van der Waals surface area contributed by atoms with E-state index in [-0.39, 0.29) is 11.8 Å². The van der Waals surface area contributed by atoms with Crippen molar-refractivity contribution in [2.24, 2.45) is 5.92 Å². The van der Waals surface area contributed by atoms with Gasteiger partial charge in [0.25, 0.3) is 0 Å². The summed E-state index contributed by atoms with van der Waals surface area (Å²) in [7, 11) is 0. The lowest BCUT2D eigenvalue weighted by molar-refractivity contribution is -0.135. The van der Waals surface area contributed by atoms with Crippen LogP contribution in [-0.4, -0.2) is 73.1 Å². The third kappa shape index (κ3) is 4.01. The van der Waals surface area contributed by atoms with Crippen LogP contribution in [0.1, 0.15) is 24.3 Å². The molecule has 0 N–H and O–H groups in total. The summed E-state index contributed by atoms with van der Waals surface area (Å²) < 4.78 is 5.75. The summed E-state index contributed by atoms with van der Waals surface area (Å²) in [6, 6.07) is 14.1. The molecule has 2 fully saturated rings. The van der Waals surface area contributed by atoms with E-state index in [4.69, 9.17) is 4.74 Å². The number of piperidine rings is 1. The van der Waals surface area contributed by atoms with Crippen molar-refractivity contribution in [1.29, 1.82) is 0 Å². The molecule has 2 unspecified atom stereocenters. The van der Waals surface area contributed by atoms with Crippen molar-refractivity contribution >= 4 is 11.7 Å². The zero-order chi connectivity index (χ0) is 20.3. The lowest BCUT2D eigenvalue weighted by atomic mass is 9.94. The van der Waals surface area contributed by atoms with Gasteiger partial charge >= 0.3 is 0 Å². The molecule has 2 aromatic rings. The van der Waals surface area contributed by atoms with Gasteiger partial charge in [0.1, 0.15) is 24.1 Å². The van der Waals surface area contributed by atoms with Crippen molar-refractivity contribution in [3.05, 3.63) is 54.2 Å². The van der Waals surface area contributed by atoms with E-state index in [0.717, 1.165) is 69.4 Å². The number of carbonyl (C=O) groups excluding carboxylic acids is 1. The normalized spacial score (nSPS) is 24.4. The topological polar surface area (TPSA) is 48.9 Å². The van der Waals surface area contributed by atoms with Gasteiger partial charge < -0.3 is 14.5 Å². The van der Waals surface area contributed by atoms with Gasteiger partial charge in [-0.1, -0.05) is 24.3 Å². The molecule has 0 radical (unpaired) electrons. The van der Waals surface area contributed by atoms with Crippen molar-refractivity contribution in [3.63, 3.8) is 0 Å². The van der Waals surface area contributed by atoms with Crippen LogP contribution in [0.3, 0.4) is 0 Å². The largest absolute Gasteiger partial charge is 0.492 e. The van der Waals surface area contributed by atoms with Gasteiger partial charge in [0, 0.05) is 57.6 Å². The standard InChI is InChI=1S/C24H30N4O2/c29-24(21-18-30-22-8-2-1-7-20(21)22)28-11-5-6-19(17-28)16-26-12-14-27(15-13-26)23-9-3-4-10-25-23/h1-4,7-10,19,21H,5-6,11-18H2. The first-order valence-electron chi connectivity index (χ1n) is 11.2. The molecule has 4 heterocycles. The van der Waals surface area contributed by atoms with Crippen molar-refractivity contribution in [2.45, 2.75) is 18.8 Å². The van der Waals surface area contributed by atoms with E-state index >= 15 is 0 Å². The second-order valence-corrected chi connectivity index (χ2v) is 8.67. The molecule has 158 valence electrons. The number of anilines is 1. The maximum atomic E-state index is 13.2. The first kappa shape index (κ1) is 19.4. The van der Waals surface area contributed by atoms with E-state index < -0.39 is 0 Å². The molecule has 2 saturated heterocycles. The minimum Gasteiger partial charge on any atom is -0.492 e. The predicted octanol–water partition coefficient (Wildman–Crippen LogP) is 2.62. The Balaban J connectivity index is 1.15. The van der Waals surface area contributed by atoms with Crippen molar-refractivity contribution < 1.29 is 9.53 Å². The van der Waals surface area contributed by atoms with Crippen LogP contribution in [0.25, 0.3) is 0 Å². The summed E-state index contributed by atoms with van der Waals surface area (Å²) in [6.45, 7) is 7.46. The first-order valence-corrected chi connectivity index (χ1v) is 11.2. The molecule has 0 bridgehead atoms. The minimum absolute atomic E-state index is 0.137. The van der Waals surface area contributed by atoms with Crippen LogP contribution in [0.5, 0.6) is 5.75 Å². The number of carbonyl (C=O) groups is 1. The molecule has 6 heteroatoms. The first-order chi connectivity index (χ1) is 14.8. The molecule has 2 atom stereocenters. The summed E-state index contributed by atoms with van der Waals surface area (Å²) >= 11 is 0.